The Morgan fingerprint density at radius 3 is 2.62 bits per heavy atom. The van der Waals surface area contributed by atoms with Crippen molar-refractivity contribution >= 4 is 12.6 Å². The Balaban J connectivity index is 2.06. The van der Waals surface area contributed by atoms with E-state index in [4.69, 9.17) is 0 Å². The summed E-state index contributed by atoms with van der Waals surface area (Å²) in [5.74, 6) is 1.03. The Kier molecular flexibility index (Phi) is 4.98. The Morgan fingerprint density at radius 1 is 1.23 bits per heavy atom. The number of rotatable bonds is 6. The van der Waals surface area contributed by atoms with Gasteiger partial charge in [0.05, 0.1) is 13.6 Å². The van der Waals surface area contributed by atoms with Gasteiger partial charge in [-0.1, -0.05) is 6.42 Å². The van der Waals surface area contributed by atoms with Gasteiger partial charge in [0.15, 0.2) is 0 Å². The molecule has 0 saturated heterocycles. The standard InChI is InChI=1S/C10H18N2S/c1-11-7-8-12(10-11)6-4-2-3-5-9-13/h7-8,10H,2-6,9H2,1H3/p+1. The van der Waals surface area contributed by atoms with Gasteiger partial charge in [0.1, 0.15) is 12.4 Å². The van der Waals surface area contributed by atoms with Crippen LogP contribution in [-0.4, -0.2) is 10.3 Å². The minimum atomic E-state index is 1.03. The van der Waals surface area contributed by atoms with Gasteiger partial charge in [-0.3, -0.25) is 0 Å². The third-order valence-electron chi connectivity index (χ3n) is 2.15. The SMILES string of the molecule is C[n+]1ccn(CCCCCCS)c1. The molecule has 0 fully saturated rings. The van der Waals surface area contributed by atoms with Crippen LogP contribution < -0.4 is 4.57 Å². The highest BCUT2D eigenvalue weighted by Gasteiger charge is 1.98. The van der Waals surface area contributed by atoms with E-state index < -0.39 is 0 Å². The van der Waals surface area contributed by atoms with Crippen LogP contribution in [0, 0.1) is 0 Å². The number of aromatic nitrogens is 2. The first-order chi connectivity index (χ1) is 6.33. The quantitative estimate of drug-likeness (QED) is 0.406. The summed E-state index contributed by atoms with van der Waals surface area (Å²) in [6, 6.07) is 0. The van der Waals surface area contributed by atoms with Crippen LogP contribution in [0.5, 0.6) is 0 Å². The molecule has 0 aliphatic heterocycles. The van der Waals surface area contributed by atoms with Crippen molar-refractivity contribution in [2.75, 3.05) is 5.75 Å². The van der Waals surface area contributed by atoms with Gasteiger partial charge in [0.2, 0.25) is 6.33 Å². The zero-order valence-electron chi connectivity index (χ0n) is 8.32. The van der Waals surface area contributed by atoms with E-state index in [1.807, 2.05) is 0 Å². The summed E-state index contributed by atoms with van der Waals surface area (Å²) in [7, 11) is 2.05. The first-order valence-electron chi connectivity index (χ1n) is 4.95. The van der Waals surface area contributed by atoms with E-state index in [2.05, 4.69) is 47.5 Å². The maximum Gasteiger partial charge on any atom is 0.243 e. The second kappa shape index (κ2) is 6.08. The third-order valence-corrected chi connectivity index (χ3v) is 2.46. The summed E-state index contributed by atoms with van der Waals surface area (Å²) in [4.78, 5) is 0. The minimum absolute atomic E-state index is 1.03. The number of unbranched alkanes of at least 4 members (excludes halogenated alkanes) is 3. The van der Waals surface area contributed by atoms with Crippen LogP contribution in [0.3, 0.4) is 0 Å². The van der Waals surface area contributed by atoms with Crippen molar-refractivity contribution in [3.8, 4) is 0 Å². The van der Waals surface area contributed by atoms with Crippen molar-refractivity contribution in [2.24, 2.45) is 7.05 Å². The second-order valence-electron chi connectivity index (χ2n) is 3.45. The Hall–Kier alpha value is -0.440. The Labute approximate surface area is 86.0 Å². The van der Waals surface area contributed by atoms with Gasteiger partial charge in [-0.05, 0) is 25.0 Å². The fourth-order valence-corrected chi connectivity index (χ4v) is 1.62. The highest BCUT2D eigenvalue weighted by Crippen LogP contribution is 2.02. The van der Waals surface area contributed by atoms with Crippen LogP contribution in [0.2, 0.25) is 0 Å². The molecule has 0 unspecified atom stereocenters. The van der Waals surface area contributed by atoms with Gasteiger partial charge >= 0.3 is 0 Å². The van der Waals surface area contributed by atoms with E-state index >= 15 is 0 Å². The molecule has 0 aromatic carbocycles. The van der Waals surface area contributed by atoms with Gasteiger partial charge in [0, 0.05) is 0 Å². The molecule has 0 radical (unpaired) electrons. The van der Waals surface area contributed by atoms with Gasteiger partial charge in [0.25, 0.3) is 0 Å². The number of thiol groups is 1. The molecule has 1 aromatic heterocycles. The van der Waals surface area contributed by atoms with Crippen molar-refractivity contribution in [3.63, 3.8) is 0 Å². The Morgan fingerprint density at radius 2 is 2.00 bits per heavy atom. The van der Waals surface area contributed by atoms with E-state index in [0.29, 0.717) is 0 Å². The first kappa shape index (κ1) is 10.6. The van der Waals surface area contributed by atoms with Crippen molar-refractivity contribution in [1.29, 1.82) is 0 Å². The molecule has 0 N–H and O–H groups in total. The first-order valence-corrected chi connectivity index (χ1v) is 5.58. The number of hydrogen-bond acceptors (Lipinski definition) is 1. The summed E-state index contributed by atoms with van der Waals surface area (Å²) < 4.78 is 4.31. The molecule has 1 aromatic rings. The maximum atomic E-state index is 4.19. The molecule has 1 rings (SSSR count). The molecule has 3 heteroatoms. The minimum Gasteiger partial charge on any atom is -0.240 e. The zero-order chi connectivity index (χ0) is 9.52. The monoisotopic (exact) mass is 199 g/mol. The van der Waals surface area contributed by atoms with Crippen LogP contribution in [0.15, 0.2) is 18.7 Å². The van der Waals surface area contributed by atoms with E-state index in [0.717, 1.165) is 12.3 Å². The van der Waals surface area contributed by atoms with E-state index in [-0.39, 0.29) is 0 Å². The number of aryl methyl sites for hydroxylation is 2. The molecule has 0 aliphatic rings. The lowest BCUT2D eigenvalue weighted by Gasteiger charge is -1.96. The number of imidazole rings is 1. The Bertz CT molecular complexity index is 233. The average Bonchev–Trinajstić information content (AvgIpc) is 2.51. The van der Waals surface area contributed by atoms with E-state index in [1.165, 1.54) is 25.7 Å². The maximum absolute atomic E-state index is 4.19. The van der Waals surface area contributed by atoms with Crippen molar-refractivity contribution in [1.82, 2.24) is 4.57 Å². The molecule has 74 valence electrons. The van der Waals surface area contributed by atoms with Gasteiger partial charge in [-0.2, -0.15) is 12.6 Å². The predicted molar refractivity (Wildman–Crippen MR) is 57.9 cm³/mol. The van der Waals surface area contributed by atoms with Crippen LogP contribution in [0.25, 0.3) is 0 Å². The number of hydrogen-bond donors (Lipinski definition) is 1. The van der Waals surface area contributed by atoms with Gasteiger partial charge in [-0.15, -0.1) is 0 Å². The lowest BCUT2D eigenvalue weighted by atomic mass is 10.2. The second-order valence-corrected chi connectivity index (χ2v) is 3.90. The van der Waals surface area contributed by atoms with Crippen LogP contribution in [0.1, 0.15) is 25.7 Å². The predicted octanol–water partition coefficient (Wildman–Crippen LogP) is 1.80. The third kappa shape index (κ3) is 4.36. The molecule has 0 aliphatic carbocycles. The molecule has 0 atom stereocenters. The topological polar surface area (TPSA) is 8.81 Å². The molecule has 0 bridgehead atoms. The highest BCUT2D eigenvalue weighted by molar-refractivity contribution is 7.80. The highest BCUT2D eigenvalue weighted by atomic mass is 32.1. The largest absolute Gasteiger partial charge is 0.243 e. The van der Waals surface area contributed by atoms with Gasteiger partial charge < -0.3 is 0 Å². The molecule has 0 spiro atoms. The number of nitrogens with zero attached hydrogens (tertiary/aromatic N) is 2. The molecule has 13 heavy (non-hydrogen) atoms. The fraction of sp³-hybridized carbons (Fsp3) is 0.700. The summed E-state index contributed by atoms with van der Waals surface area (Å²) in [5.41, 5.74) is 0. The summed E-state index contributed by atoms with van der Waals surface area (Å²) >= 11 is 4.19. The van der Waals surface area contributed by atoms with Crippen molar-refractivity contribution < 1.29 is 4.57 Å². The average molecular weight is 199 g/mol. The molecule has 2 nitrogen and oxygen atoms in total. The molecular weight excluding hydrogens is 180 g/mol. The summed E-state index contributed by atoms with van der Waals surface area (Å²) in [6.45, 7) is 1.15. The van der Waals surface area contributed by atoms with Crippen LogP contribution >= 0.6 is 12.6 Å². The molecular formula is C10H19N2S+. The summed E-state index contributed by atoms with van der Waals surface area (Å²) in [5, 5.41) is 0. The molecule has 0 saturated carbocycles. The van der Waals surface area contributed by atoms with Crippen LogP contribution in [0.4, 0.5) is 0 Å². The van der Waals surface area contributed by atoms with Crippen molar-refractivity contribution in [3.05, 3.63) is 18.7 Å². The van der Waals surface area contributed by atoms with E-state index in [9.17, 15) is 0 Å². The lowest BCUT2D eigenvalue weighted by molar-refractivity contribution is -0.671. The van der Waals surface area contributed by atoms with Gasteiger partial charge in [-0.25, -0.2) is 9.13 Å². The summed E-state index contributed by atoms with van der Waals surface area (Å²) in [6.07, 6.45) is 11.5. The van der Waals surface area contributed by atoms with E-state index in [1.54, 1.807) is 0 Å². The fourth-order valence-electron chi connectivity index (χ4n) is 1.39. The van der Waals surface area contributed by atoms with Crippen LogP contribution in [-0.2, 0) is 13.6 Å². The van der Waals surface area contributed by atoms with Crippen molar-refractivity contribution in [2.45, 2.75) is 32.2 Å². The smallest absolute Gasteiger partial charge is 0.240 e. The zero-order valence-corrected chi connectivity index (χ0v) is 9.21. The normalized spacial score (nSPS) is 10.6. The molecule has 1 heterocycles. The molecule has 0 amide bonds. The lowest BCUT2D eigenvalue weighted by Crippen LogP contribution is -2.23.